The van der Waals surface area contributed by atoms with Crippen molar-refractivity contribution in [2.24, 2.45) is 0 Å². The van der Waals surface area contributed by atoms with Crippen molar-refractivity contribution in [2.45, 2.75) is 12.3 Å². The van der Waals surface area contributed by atoms with Crippen molar-refractivity contribution in [2.75, 3.05) is 0 Å². The van der Waals surface area contributed by atoms with E-state index in [-0.39, 0.29) is 5.92 Å². The minimum Gasteiger partial charge on any atom is -0.453 e. The predicted octanol–water partition coefficient (Wildman–Crippen LogP) is 17.2. The summed E-state index contributed by atoms with van der Waals surface area (Å²) in [5.74, 6) is 2.04. The molecule has 1 atom stereocenters. The van der Waals surface area contributed by atoms with Gasteiger partial charge >= 0.3 is 0 Å². The standard InChI is InChI=1S/C67H42N4O/c1-3-16-41(17-4-1)44-23-15-24-48(36-44)65-68-66(49-31-30-47-38-56(42-18-5-2-6-19-42)51-26-11-12-27-52(51)57(47)39-49)70-67(69-65)55-34-35-60(64-62(55)54-33-32-43-20-9-10-25-50(43)63(54)72-64)71-59-29-14-13-28-53(59)58-37-45-21-7-8-22-46(45)40-61(58)71/h1-37,39-40,56H,38H2/t56-/m0/s1. The van der Waals surface area contributed by atoms with Crippen LogP contribution in [0, 0.1) is 0 Å². The molecule has 336 valence electrons. The van der Waals surface area contributed by atoms with Crippen molar-refractivity contribution in [3.05, 3.63) is 253 Å². The first-order chi connectivity index (χ1) is 35.7. The van der Waals surface area contributed by atoms with Gasteiger partial charge in [0.2, 0.25) is 0 Å². The highest BCUT2D eigenvalue weighted by molar-refractivity contribution is 6.21. The van der Waals surface area contributed by atoms with Gasteiger partial charge in [0.1, 0.15) is 5.58 Å². The fourth-order valence-electron chi connectivity index (χ4n) is 11.6. The van der Waals surface area contributed by atoms with Gasteiger partial charge in [0.05, 0.1) is 16.7 Å². The van der Waals surface area contributed by atoms with Crippen LogP contribution in [-0.2, 0) is 6.42 Å². The maximum absolute atomic E-state index is 7.31. The molecule has 14 aromatic rings. The van der Waals surface area contributed by atoms with Crippen molar-refractivity contribution in [1.29, 1.82) is 0 Å². The minimum absolute atomic E-state index is 0.266. The number of furan rings is 1. The number of para-hydroxylation sites is 1. The van der Waals surface area contributed by atoms with E-state index in [2.05, 4.69) is 235 Å². The number of rotatable bonds is 6. The number of aromatic nitrogens is 4. The smallest absolute Gasteiger partial charge is 0.164 e. The van der Waals surface area contributed by atoms with Gasteiger partial charge < -0.3 is 8.98 Å². The molecule has 3 heterocycles. The molecular weight excluding hydrogens is 877 g/mol. The molecule has 0 N–H and O–H groups in total. The second-order valence-corrected chi connectivity index (χ2v) is 19.1. The molecule has 11 aromatic carbocycles. The van der Waals surface area contributed by atoms with E-state index in [4.69, 9.17) is 19.4 Å². The maximum atomic E-state index is 7.31. The van der Waals surface area contributed by atoms with E-state index in [1.54, 1.807) is 0 Å². The lowest BCUT2D eigenvalue weighted by atomic mass is 9.75. The summed E-state index contributed by atoms with van der Waals surface area (Å²) in [4.78, 5) is 16.3. The van der Waals surface area contributed by atoms with Crippen LogP contribution in [0.25, 0.3) is 127 Å². The van der Waals surface area contributed by atoms with Gasteiger partial charge in [-0.05, 0) is 110 Å². The second kappa shape index (κ2) is 16.1. The van der Waals surface area contributed by atoms with E-state index in [9.17, 15) is 0 Å². The Kier molecular flexibility index (Phi) is 9.02. The van der Waals surface area contributed by atoms with Gasteiger partial charge in [-0.2, -0.15) is 0 Å². The molecule has 0 aliphatic heterocycles. The third-order valence-electron chi connectivity index (χ3n) is 15.0. The first kappa shape index (κ1) is 40.4. The van der Waals surface area contributed by atoms with Crippen molar-refractivity contribution in [3.63, 3.8) is 0 Å². The zero-order valence-corrected chi connectivity index (χ0v) is 39.0. The first-order valence-electron chi connectivity index (χ1n) is 24.7. The Bertz CT molecular complexity index is 4490. The normalized spacial score (nSPS) is 13.4. The van der Waals surface area contributed by atoms with Gasteiger partial charge in [-0.1, -0.05) is 188 Å². The molecule has 1 aliphatic rings. The van der Waals surface area contributed by atoms with Crippen LogP contribution in [0.1, 0.15) is 22.6 Å². The number of fused-ring (bicyclic) bond motifs is 12. The molecular formula is C67H42N4O. The summed E-state index contributed by atoms with van der Waals surface area (Å²) >= 11 is 0. The molecule has 5 heteroatoms. The molecule has 0 unspecified atom stereocenters. The number of benzene rings is 11. The molecule has 72 heavy (non-hydrogen) atoms. The second-order valence-electron chi connectivity index (χ2n) is 19.1. The molecule has 0 amide bonds. The summed E-state index contributed by atoms with van der Waals surface area (Å²) in [6, 6.07) is 84.7. The topological polar surface area (TPSA) is 56.7 Å². The number of hydrogen-bond donors (Lipinski definition) is 0. The molecule has 0 bridgehead atoms. The SMILES string of the molecule is c1ccc(-c2cccc(-c3nc(-c4ccc5c(c4)-c4ccccc4[C@H](c4ccccc4)C5)nc(-c4ccc(-n5c6ccccc6c6cc7ccccc7cc65)c5oc6c7ccccc7ccc6c45)n3)c2)cc1. The monoisotopic (exact) mass is 918 g/mol. The molecule has 0 saturated heterocycles. The summed E-state index contributed by atoms with van der Waals surface area (Å²) in [5, 5.41) is 8.88. The Morgan fingerprint density at radius 2 is 1.04 bits per heavy atom. The summed E-state index contributed by atoms with van der Waals surface area (Å²) in [6.07, 6.45) is 0.908. The van der Waals surface area contributed by atoms with Crippen molar-refractivity contribution < 1.29 is 4.42 Å². The summed E-state index contributed by atoms with van der Waals surface area (Å²) in [7, 11) is 0. The lowest BCUT2D eigenvalue weighted by Crippen LogP contribution is -2.12. The highest BCUT2D eigenvalue weighted by Gasteiger charge is 2.28. The van der Waals surface area contributed by atoms with Crippen LogP contribution in [0.4, 0.5) is 0 Å². The molecule has 0 radical (unpaired) electrons. The Labute approximate surface area is 415 Å². The average molecular weight is 919 g/mol. The van der Waals surface area contributed by atoms with Crippen LogP contribution >= 0.6 is 0 Å². The molecule has 0 spiro atoms. The lowest BCUT2D eigenvalue weighted by Gasteiger charge is -2.28. The highest BCUT2D eigenvalue weighted by atomic mass is 16.3. The zero-order valence-electron chi connectivity index (χ0n) is 39.0. The predicted molar refractivity (Wildman–Crippen MR) is 296 cm³/mol. The Hall–Kier alpha value is -9.45. The highest BCUT2D eigenvalue weighted by Crippen LogP contribution is 2.47. The molecule has 0 fully saturated rings. The number of nitrogens with zero attached hydrogens (tertiary/aromatic N) is 4. The van der Waals surface area contributed by atoms with E-state index in [1.165, 1.54) is 49.4 Å². The Balaban J connectivity index is 0.986. The quantitative estimate of drug-likeness (QED) is 0.167. The van der Waals surface area contributed by atoms with E-state index < -0.39 is 0 Å². The van der Waals surface area contributed by atoms with Gasteiger partial charge in [-0.15, -0.1) is 0 Å². The van der Waals surface area contributed by atoms with Crippen LogP contribution in [0.15, 0.2) is 241 Å². The van der Waals surface area contributed by atoms with Gasteiger partial charge in [0.25, 0.3) is 0 Å². The maximum Gasteiger partial charge on any atom is 0.164 e. The molecule has 5 nitrogen and oxygen atoms in total. The molecule has 3 aromatic heterocycles. The molecule has 15 rings (SSSR count). The Morgan fingerprint density at radius 3 is 1.89 bits per heavy atom. The van der Waals surface area contributed by atoms with E-state index in [1.807, 2.05) is 6.07 Å². The van der Waals surface area contributed by atoms with Gasteiger partial charge in [0.15, 0.2) is 23.1 Å². The van der Waals surface area contributed by atoms with Gasteiger partial charge in [-0.3, -0.25) is 0 Å². The van der Waals surface area contributed by atoms with Crippen LogP contribution in [0.2, 0.25) is 0 Å². The third-order valence-corrected chi connectivity index (χ3v) is 15.0. The molecule has 0 saturated carbocycles. The van der Waals surface area contributed by atoms with Crippen LogP contribution < -0.4 is 0 Å². The third kappa shape index (κ3) is 6.37. The fraction of sp³-hybridized carbons (Fsp3) is 0.0299. The van der Waals surface area contributed by atoms with E-state index in [0.717, 1.165) is 83.7 Å². The van der Waals surface area contributed by atoms with E-state index in [0.29, 0.717) is 17.5 Å². The minimum atomic E-state index is 0.266. The molecule has 1 aliphatic carbocycles. The van der Waals surface area contributed by atoms with Gasteiger partial charge in [0, 0.05) is 49.5 Å². The Morgan fingerprint density at radius 1 is 0.375 bits per heavy atom. The summed E-state index contributed by atoms with van der Waals surface area (Å²) in [6.45, 7) is 0. The van der Waals surface area contributed by atoms with Crippen molar-refractivity contribution in [1.82, 2.24) is 19.5 Å². The zero-order chi connectivity index (χ0) is 47.3. The lowest BCUT2D eigenvalue weighted by molar-refractivity contribution is 0.670. The van der Waals surface area contributed by atoms with Crippen molar-refractivity contribution >= 4 is 65.3 Å². The van der Waals surface area contributed by atoms with Crippen LogP contribution in [0.3, 0.4) is 0 Å². The van der Waals surface area contributed by atoms with E-state index >= 15 is 0 Å². The fourth-order valence-corrected chi connectivity index (χ4v) is 11.6. The van der Waals surface area contributed by atoms with Crippen LogP contribution in [-0.4, -0.2) is 19.5 Å². The average Bonchev–Trinajstić information content (AvgIpc) is 4.01. The van der Waals surface area contributed by atoms with Crippen LogP contribution in [0.5, 0.6) is 0 Å². The largest absolute Gasteiger partial charge is 0.453 e. The number of hydrogen-bond acceptors (Lipinski definition) is 4. The summed E-state index contributed by atoms with van der Waals surface area (Å²) in [5.41, 5.74) is 16.1. The summed E-state index contributed by atoms with van der Waals surface area (Å²) < 4.78 is 9.68. The van der Waals surface area contributed by atoms with Gasteiger partial charge in [-0.25, -0.2) is 15.0 Å². The first-order valence-corrected chi connectivity index (χ1v) is 24.7. The van der Waals surface area contributed by atoms with Crippen molar-refractivity contribution in [3.8, 4) is 62.1 Å².